The van der Waals surface area contributed by atoms with Gasteiger partial charge in [-0.25, -0.2) is 10.4 Å². The lowest BCUT2D eigenvalue weighted by Crippen LogP contribution is -2.20. The molecule has 0 atom stereocenters. The highest BCUT2D eigenvalue weighted by Crippen LogP contribution is 2.25. The number of phenols is 2. The quantitative estimate of drug-likeness (QED) is 0.179. The Morgan fingerprint density at radius 3 is 2.61 bits per heavy atom. The summed E-state index contributed by atoms with van der Waals surface area (Å²) in [6.45, 7) is 0.661. The fourth-order valence-corrected chi connectivity index (χ4v) is 3.85. The summed E-state index contributed by atoms with van der Waals surface area (Å²) < 4.78 is 2.10. The smallest absolute Gasteiger partial charge is 0.250 e. The molecule has 156 valence electrons. The Balaban J connectivity index is 1.43. The Bertz CT molecular complexity index is 1240. The molecular weight excluding hydrogens is 412 g/mol. The largest absolute Gasteiger partial charge is 0.504 e. The molecule has 8 heteroatoms. The lowest BCUT2D eigenvalue weighted by atomic mass is 10.2. The van der Waals surface area contributed by atoms with Crippen molar-refractivity contribution in [1.82, 2.24) is 15.0 Å². The molecule has 0 aliphatic carbocycles. The van der Waals surface area contributed by atoms with Crippen molar-refractivity contribution >= 4 is 34.9 Å². The van der Waals surface area contributed by atoms with E-state index in [-0.39, 0.29) is 23.2 Å². The number of hydrogen-bond donors (Lipinski definition) is 3. The van der Waals surface area contributed by atoms with Crippen LogP contribution in [0.25, 0.3) is 11.0 Å². The Labute approximate surface area is 183 Å². The van der Waals surface area contributed by atoms with E-state index in [0.29, 0.717) is 12.1 Å². The average molecular weight is 433 g/mol. The molecule has 0 radical (unpaired) electrons. The molecule has 0 aliphatic rings. The minimum atomic E-state index is -0.275. The second-order valence-electron chi connectivity index (χ2n) is 6.78. The zero-order valence-corrected chi connectivity index (χ0v) is 17.3. The third-order valence-corrected chi connectivity index (χ3v) is 5.51. The van der Waals surface area contributed by atoms with Crippen LogP contribution in [0, 0.1) is 0 Å². The summed E-state index contributed by atoms with van der Waals surface area (Å²) in [5, 5.41) is 23.5. The predicted molar refractivity (Wildman–Crippen MR) is 122 cm³/mol. The van der Waals surface area contributed by atoms with Crippen LogP contribution < -0.4 is 5.43 Å². The topological polar surface area (TPSA) is 99.7 Å². The number of imidazole rings is 1. The second-order valence-corrected chi connectivity index (χ2v) is 7.73. The number of nitrogens with zero attached hydrogens (tertiary/aromatic N) is 3. The minimum Gasteiger partial charge on any atom is -0.504 e. The third kappa shape index (κ3) is 5.04. The van der Waals surface area contributed by atoms with Crippen LogP contribution in [0.1, 0.15) is 11.1 Å². The first-order chi connectivity index (χ1) is 15.1. The van der Waals surface area contributed by atoms with Crippen LogP contribution >= 0.6 is 11.8 Å². The van der Waals surface area contributed by atoms with E-state index in [1.165, 1.54) is 30.1 Å². The first-order valence-electron chi connectivity index (χ1n) is 9.56. The first-order valence-corrected chi connectivity index (χ1v) is 10.5. The normalized spacial score (nSPS) is 11.2. The van der Waals surface area contributed by atoms with Gasteiger partial charge in [-0.3, -0.25) is 4.79 Å². The van der Waals surface area contributed by atoms with Gasteiger partial charge in [0.15, 0.2) is 16.7 Å². The summed E-state index contributed by atoms with van der Waals surface area (Å²) in [4.78, 5) is 16.9. The Hall–Kier alpha value is -3.78. The summed E-state index contributed by atoms with van der Waals surface area (Å²) >= 11 is 1.34. The van der Waals surface area contributed by atoms with E-state index in [4.69, 9.17) is 0 Å². The van der Waals surface area contributed by atoms with Crippen LogP contribution in [0.15, 0.2) is 83.1 Å². The lowest BCUT2D eigenvalue weighted by molar-refractivity contribution is -0.118. The molecule has 1 amide bonds. The molecule has 0 fully saturated rings. The van der Waals surface area contributed by atoms with Crippen molar-refractivity contribution in [3.8, 4) is 11.5 Å². The van der Waals surface area contributed by atoms with Crippen molar-refractivity contribution in [2.75, 3.05) is 5.75 Å². The lowest BCUT2D eigenvalue weighted by Gasteiger charge is -2.09. The Morgan fingerprint density at radius 2 is 1.81 bits per heavy atom. The maximum Gasteiger partial charge on any atom is 0.250 e. The van der Waals surface area contributed by atoms with E-state index in [1.807, 2.05) is 42.5 Å². The number of aromatic nitrogens is 2. The van der Waals surface area contributed by atoms with Gasteiger partial charge in [-0.2, -0.15) is 5.10 Å². The van der Waals surface area contributed by atoms with Crippen LogP contribution in [-0.4, -0.2) is 37.6 Å². The molecule has 7 nitrogen and oxygen atoms in total. The number of rotatable bonds is 7. The number of carbonyl (C=O) groups is 1. The van der Waals surface area contributed by atoms with Gasteiger partial charge < -0.3 is 14.8 Å². The highest BCUT2D eigenvalue weighted by atomic mass is 32.2. The molecular formula is C23H20N4O3S. The number of hydrazone groups is 1. The molecule has 0 unspecified atom stereocenters. The molecule has 3 aromatic carbocycles. The fraction of sp³-hybridized carbons (Fsp3) is 0.0870. The average Bonchev–Trinajstić information content (AvgIpc) is 3.13. The number of hydrogen-bond acceptors (Lipinski definition) is 6. The van der Waals surface area contributed by atoms with E-state index in [9.17, 15) is 15.0 Å². The van der Waals surface area contributed by atoms with Gasteiger partial charge in [-0.1, -0.05) is 54.2 Å². The van der Waals surface area contributed by atoms with Crippen molar-refractivity contribution in [1.29, 1.82) is 0 Å². The monoisotopic (exact) mass is 432 g/mol. The van der Waals surface area contributed by atoms with Crippen LogP contribution in [-0.2, 0) is 11.3 Å². The maximum absolute atomic E-state index is 12.2. The summed E-state index contributed by atoms with van der Waals surface area (Å²) in [7, 11) is 0. The number of fused-ring (bicyclic) bond motifs is 1. The van der Waals surface area contributed by atoms with Gasteiger partial charge in [-0.05, 0) is 41.5 Å². The second kappa shape index (κ2) is 9.36. The van der Waals surface area contributed by atoms with Crippen LogP contribution in [0.5, 0.6) is 11.5 Å². The van der Waals surface area contributed by atoms with Gasteiger partial charge in [0.05, 0.1) is 29.5 Å². The van der Waals surface area contributed by atoms with Gasteiger partial charge in [0.1, 0.15) is 0 Å². The predicted octanol–water partition coefficient (Wildman–Crippen LogP) is 3.74. The first kappa shape index (κ1) is 20.5. The highest BCUT2D eigenvalue weighted by Gasteiger charge is 2.13. The number of carbonyl (C=O) groups excluding carboxylic acids is 1. The summed E-state index contributed by atoms with van der Waals surface area (Å²) in [6, 6.07) is 22.3. The summed E-state index contributed by atoms with van der Waals surface area (Å²) in [5.41, 5.74) is 6.06. The van der Waals surface area contributed by atoms with E-state index >= 15 is 0 Å². The number of nitrogens with one attached hydrogen (secondary N) is 1. The standard InChI is InChI=1S/C23H20N4O3S/c28-20-11-10-17(12-21(20)29)13-24-26-22(30)15-31-23-25-18-8-4-5-9-19(18)27(23)14-16-6-2-1-3-7-16/h1-13,28-29H,14-15H2,(H,26,30)/b24-13+. The Morgan fingerprint density at radius 1 is 1.03 bits per heavy atom. The van der Waals surface area contributed by atoms with Crippen LogP contribution in [0.2, 0.25) is 0 Å². The van der Waals surface area contributed by atoms with E-state index in [1.54, 1.807) is 6.07 Å². The van der Waals surface area contributed by atoms with E-state index in [2.05, 4.69) is 32.2 Å². The van der Waals surface area contributed by atoms with Crippen LogP contribution in [0.4, 0.5) is 0 Å². The molecule has 4 rings (SSSR count). The summed E-state index contributed by atoms with van der Waals surface area (Å²) in [5.74, 6) is -0.585. The number of aromatic hydroxyl groups is 2. The van der Waals surface area contributed by atoms with Crippen molar-refractivity contribution < 1.29 is 15.0 Å². The molecule has 0 saturated heterocycles. The number of thioether (sulfide) groups is 1. The highest BCUT2D eigenvalue weighted by molar-refractivity contribution is 7.99. The molecule has 0 spiro atoms. The summed E-state index contributed by atoms with van der Waals surface area (Å²) in [6.07, 6.45) is 1.40. The van der Waals surface area contributed by atoms with E-state index < -0.39 is 0 Å². The van der Waals surface area contributed by atoms with Gasteiger partial charge in [0.25, 0.3) is 5.91 Å². The van der Waals surface area contributed by atoms with E-state index in [0.717, 1.165) is 21.8 Å². The van der Waals surface area contributed by atoms with Gasteiger partial charge >= 0.3 is 0 Å². The molecule has 4 aromatic rings. The fourth-order valence-electron chi connectivity index (χ4n) is 3.04. The van der Waals surface area contributed by atoms with Gasteiger partial charge in [0.2, 0.25) is 0 Å². The molecule has 0 bridgehead atoms. The van der Waals surface area contributed by atoms with Crippen LogP contribution in [0.3, 0.4) is 0 Å². The maximum atomic E-state index is 12.2. The Kier molecular flexibility index (Phi) is 6.18. The van der Waals surface area contributed by atoms with Crippen molar-refractivity contribution in [3.05, 3.63) is 83.9 Å². The van der Waals surface area contributed by atoms with Crippen molar-refractivity contribution in [2.24, 2.45) is 5.10 Å². The zero-order valence-electron chi connectivity index (χ0n) is 16.5. The molecule has 1 heterocycles. The molecule has 1 aromatic heterocycles. The minimum absolute atomic E-state index is 0.149. The third-order valence-electron chi connectivity index (χ3n) is 4.54. The van der Waals surface area contributed by atoms with Gasteiger partial charge in [0, 0.05) is 0 Å². The number of phenolic OH excluding ortho intramolecular Hbond substituents is 2. The molecule has 0 aliphatic heterocycles. The molecule has 0 saturated carbocycles. The number of amides is 1. The molecule has 3 N–H and O–H groups in total. The molecule has 31 heavy (non-hydrogen) atoms. The van der Waals surface area contributed by atoms with Gasteiger partial charge in [-0.15, -0.1) is 0 Å². The van der Waals surface area contributed by atoms with Crippen molar-refractivity contribution in [3.63, 3.8) is 0 Å². The number of benzene rings is 3. The zero-order chi connectivity index (χ0) is 21.6. The SMILES string of the molecule is O=C(CSc1nc2ccccc2n1Cc1ccccc1)N/N=C/c1ccc(O)c(O)c1. The number of para-hydroxylation sites is 2. The van der Waals surface area contributed by atoms with Crippen molar-refractivity contribution in [2.45, 2.75) is 11.7 Å².